The topological polar surface area (TPSA) is 24.5 Å². The van der Waals surface area contributed by atoms with Gasteiger partial charge in [-0.15, -0.1) is 0 Å². The predicted octanol–water partition coefficient (Wildman–Crippen LogP) is 2.26. The average Bonchev–Trinajstić information content (AvgIpc) is 2.80. The molecule has 3 unspecified atom stereocenters. The first-order valence-corrected chi connectivity index (χ1v) is 7.31. The molecule has 0 amide bonds. The van der Waals surface area contributed by atoms with Crippen LogP contribution in [0.5, 0.6) is 0 Å². The van der Waals surface area contributed by atoms with Crippen molar-refractivity contribution in [2.24, 2.45) is 0 Å². The van der Waals surface area contributed by atoms with E-state index in [1.807, 2.05) is 0 Å². The molecule has 0 saturated carbocycles. The molecule has 1 aliphatic heterocycles. The quantitative estimate of drug-likeness (QED) is 0.706. The summed E-state index contributed by atoms with van der Waals surface area (Å²) < 4.78 is 6.09. The molecular formula is C14H30N2O. The van der Waals surface area contributed by atoms with Crippen LogP contribution in [0.25, 0.3) is 0 Å². The second-order valence-electron chi connectivity index (χ2n) is 5.11. The number of ether oxygens (including phenoxy) is 1. The number of hydrogen-bond acceptors (Lipinski definition) is 3. The Kier molecular flexibility index (Phi) is 7.09. The zero-order valence-electron chi connectivity index (χ0n) is 12.0. The highest BCUT2D eigenvalue weighted by atomic mass is 16.5. The molecule has 0 aliphatic carbocycles. The highest BCUT2D eigenvalue weighted by Crippen LogP contribution is 2.21. The van der Waals surface area contributed by atoms with Gasteiger partial charge in [0.15, 0.2) is 0 Å². The van der Waals surface area contributed by atoms with Crippen LogP contribution in [0.15, 0.2) is 0 Å². The van der Waals surface area contributed by atoms with E-state index < -0.39 is 0 Å². The minimum atomic E-state index is 0.440. The molecule has 0 aromatic heterocycles. The molecule has 0 bridgehead atoms. The van der Waals surface area contributed by atoms with E-state index in [-0.39, 0.29) is 0 Å². The number of nitrogens with zero attached hydrogens (tertiary/aromatic N) is 1. The lowest BCUT2D eigenvalue weighted by Crippen LogP contribution is -2.39. The van der Waals surface area contributed by atoms with Crippen LogP contribution in [0, 0.1) is 0 Å². The van der Waals surface area contributed by atoms with E-state index in [0.29, 0.717) is 18.2 Å². The summed E-state index contributed by atoms with van der Waals surface area (Å²) in [6.45, 7) is 13.3. The van der Waals surface area contributed by atoms with Gasteiger partial charge in [-0.1, -0.05) is 20.8 Å². The second-order valence-corrected chi connectivity index (χ2v) is 5.11. The monoisotopic (exact) mass is 242 g/mol. The molecule has 17 heavy (non-hydrogen) atoms. The number of likely N-dealkylation sites (N-methyl/N-ethyl adjacent to an activating group) is 2. The molecule has 0 spiro atoms. The van der Waals surface area contributed by atoms with E-state index in [9.17, 15) is 0 Å². The molecule has 1 aliphatic rings. The van der Waals surface area contributed by atoms with E-state index >= 15 is 0 Å². The summed E-state index contributed by atoms with van der Waals surface area (Å²) in [7, 11) is 0. The molecule has 1 heterocycles. The fourth-order valence-electron chi connectivity index (χ4n) is 2.51. The molecule has 3 heteroatoms. The van der Waals surface area contributed by atoms with Gasteiger partial charge in [-0.2, -0.15) is 0 Å². The third-order valence-corrected chi connectivity index (χ3v) is 3.88. The molecule has 1 N–H and O–H groups in total. The molecule has 0 aromatic carbocycles. The van der Waals surface area contributed by atoms with Crippen molar-refractivity contribution in [1.29, 1.82) is 0 Å². The van der Waals surface area contributed by atoms with Crippen molar-refractivity contribution >= 4 is 0 Å². The van der Waals surface area contributed by atoms with E-state index in [1.165, 1.54) is 19.3 Å². The maximum absolute atomic E-state index is 6.09. The summed E-state index contributed by atoms with van der Waals surface area (Å²) in [6, 6.07) is 0.677. The summed E-state index contributed by atoms with van der Waals surface area (Å²) in [5.74, 6) is 0. The van der Waals surface area contributed by atoms with E-state index in [1.54, 1.807) is 0 Å². The van der Waals surface area contributed by atoms with Crippen LogP contribution in [0.1, 0.15) is 47.0 Å². The minimum Gasteiger partial charge on any atom is -0.372 e. The van der Waals surface area contributed by atoms with Gasteiger partial charge in [-0.05, 0) is 39.3 Å². The van der Waals surface area contributed by atoms with E-state index in [2.05, 4.69) is 37.9 Å². The predicted molar refractivity (Wildman–Crippen MR) is 73.4 cm³/mol. The second kappa shape index (κ2) is 8.06. The molecular weight excluding hydrogens is 212 g/mol. The molecule has 0 radical (unpaired) electrons. The van der Waals surface area contributed by atoms with Gasteiger partial charge >= 0.3 is 0 Å². The summed E-state index contributed by atoms with van der Waals surface area (Å²) in [5, 5.41) is 3.37. The van der Waals surface area contributed by atoms with Crippen LogP contribution >= 0.6 is 0 Å². The van der Waals surface area contributed by atoms with Crippen molar-refractivity contribution < 1.29 is 4.74 Å². The normalized spacial score (nSPS) is 26.6. The Morgan fingerprint density at radius 1 is 1.24 bits per heavy atom. The van der Waals surface area contributed by atoms with Crippen LogP contribution in [-0.4, -0.2) is 49.3 Å². The summed E-state index contributed by atoms with van der Waals surface area (Å²) in [4.78, 5) is 2.54. The standard InChI is InChI=1S/C14H30N2O/c1-5-12(4)16(7-3)11-14-9-8-13(17-14)10-15-6-2/h12-15H,5-11H2,1-4H3. The Bertz CT molecular complexity index is 199. The van der Waals surface area contributed by atoms with E-state index in [0.717, 1.165) is 26.2 Å². The summed E-state index contributed by atoms with van der Waals surface area (Å²) in [5.41, 5.74) is 0. The lowest BCUT2D eigenvalue weighted by Gasteiger charge is -2.29. The average molecular weight is 242 g/mol. The van der Waals surface area contributed by atoms with Gasteiger partial charge in [0.1, 0.15) is 0 Å². The van der Waals surface area contributed by atoms with Crippen LogP contribution < -0.4 is 5.32 Å². The molecule has 0 aromatic rings. The van der Waals surface area contributed by atoms with Crippen LogP contribution in [0.2, 0.25) is 0 Å². The third kappa shape index (κ3) is 4.94. The van der Waals surface area contributed by atoms with Crippen molar-refractivity contribution in [3.63, 3.8) is 0 Å². The molecule has 1 rings (SSSR count). The van der Waals surface area contributed by atoms with Crippen molar-refractivity contribution in [2.45, 2.75) is 65.2 Å². The van der Waals surface area contributed by atoms with Crippen molar-refractivity contribution in [2.75, 3.05) is 26.2 Å². The molecule has 102 valence electrons. The third-order valence-electron chi connectivity index (χ3n) is 3.88. The molecule has 1 saturated heterocycles. The SMILES string of the molecule is CCNCC1CCC(CN(CC)C(C)CC)O1. The maximum atomic E-state index is 6.09. The van der Waals surface area contributed by atoms with Crippen LogP contribution in [0.3, 0.4) is 0 Å². The van der Waals surface area contributed by atoms with Gasteiger partial charge in [-0.25, -0.2) is 0 Å². The Hall–Kier alpha value is -0.120. The van der Waals surface area contributed by atoms with Gasteiger partial charge in [0.2, 0.25) is 0 Å². The van der Waals surface area contributed by atoms with Gasteiger partial charge < -0.3 is 10.1 Å². The van der Waals surface area contributed by atoms with Crippen molar-refractivity contribution in [3.05, 3.63) is 0 Å². The largest absolute Gasteiger partial charge is 0.372 e. The number of hydrogen-bond donors (Lipinski definition) is 1. The lowest BCUT2D eigenvalue weighted by atomic mass is 10.1. The van der Waals surface area contributed by atoms with Crippen molar-refractivity contribution in [3.8, 4) is 0 Å². The van der Waals surface area contributed by atoms with Gasteiger partial charge in [0.25, 0.3) is 0 Å². The van der Waals surface area contributed by atoms with E-state index in [4.69, 9.17) is 4.74 Å². The Labute approximate surface area is 107 Å². The Morgan fingerprint density at radius 2 is 1.94 bits per heavy atom. The first-order chi connectivity index (χ1) is 8.21. The highest BCUT2D eigenvalue weighted by Gasteiger charge is 2.27. The zero-order chi connectivity index (χ0) is 12.7. The first-order valence-electron chi connectivity index (χ1n) is 7.31. The van der Waals surface area contributed by atoms with Gasteiger partial charge in [-0.3, -0.25) is 4.90 Å². The zero-order valence-corrected chi connectivity index (χ0v) is 12.0. The Morgan fingerprint density at radius 3 is 2.53 bits per heavy atom. The first kappa shape index (κ1) is 14.9. The van der Waals surface area contributed by atoms with Crippen molar-refractivity contribution in [1.82, 2.24) is 10.2 Å². The van der Waals surface area contributed by atoms with Crippen LogP contribution in [-0.2, 0) is 4.74 Å². The molecule has 3 nitrogen and oxygen atoms in total. The molecule has 3 atom stereocenters. The highest BCUT2D eigenvalue weighted by molar-refractivity contribution is 4.79. The van der Waals surface area contributed by atoms with Gasteiger partial charge in [0.05, 0.1) is 12.2 Å². The summed E-state index contributed by atoms with van der Waals surface area (Å²) in [6.07, 6.45) is 4.56. The fraction of sp³-hybridized carbons (Fsp3) is 1.00. The fourth-order valence-corrected chi connectivity index (χ4v) is 2.51. The minimum absolute atomic E-state index is 0.440. The maximum Gasteiger partial charge on any atom is 0.0707 e. The number of rotatable bonds is 8. The Balaban J connectivity index is 2.28. The smallest absolute Gasteiger partial charge is 0.0707 e. The van der Waals surface area contributed by atoms with Gasteiger partial charge in [0, 0.05) is 19.1 Å². The summed E-state index contributed by atoms with van der Waals surface area (Å²) >= 11 is 0. The van der Waals surface area contributed by atoms with Crippen LogP contribution in [0.4, 0.5) is 0 Å². The number of nitrogens with one attached hydrogen (secondary N) is 1. The lowest BCUT2D eigenvalue weighted by molar-refractivity contribution is 0.0169. The molecule has 1 fully saturated rings.